The Kier molecular flexibility index (Phi) is 24.1. The molecule has 5 aliphatic rings. The maximum atomic E-state index is 12.0. The van der Waals surface area contributed by atoms with Crippen LogP contribution in [0.3, 0.4) is 0 Å². The zero-order valence-corrected chi connectivity index (χ0v) is 74.9. The number of nitrogens with zero attached hydrogens (tertiary/aromatic N) is 26. The summed E-state index contributed by atoms with van der Waals surface area (Å²) in [6, 6.07) is 34.2. The molecule has 132 heavy (non-hydrogen) atoms. The van der Waals surface area contributed by atoms with Crippen molar-refractivity contribution in [3.8, 4) is 90.5 Å². The molecule has 5 fully saturated rings. The molecule has 4 aliphatic carbocycles. The molecule has 4 saturated carbocycles. The van der Waals surface area contributed by atoms with E-state index in [9.17, 15) is 9.59 Å². The van der Waals surface area contributed by atoms with Gasteiger partial charge in [0.25, 0.3) is 23.6 Å². The van der Waals surface area contributed by atoms with Gasteiger partial charge in [-0.2, -0.15) is 40.3 Å². The second-order valence-electron chi connectivity index (χ2n) is 35.7. The SMILES string of the molecule is CC(C)C(C)(c1ccc(-c2cnc(N)nc2)cc1)c1noc(-c2cnn(CC(=O)N(C)C)c2)n1.CN(C)C(=O)Cn1cc(-c2nc([C@@](C)(c3ccc(-c4cnc(N)nc4)cc3)C3CCC3)no2)cn1.C[C@@](c1ccc(-c2cnc(N)cn2)cc1)(c1noc(-c2cnn(C3COC3)c2)n1)C1CC1.C[C@@](c1ccc(-c2cnc(N)nc2)cc1)(c1noc(-c2cnn(C3CC3)c2)n1)C1CC1. The number of anilines is 4. The molecule has 37 heteroatoms. The predicted molar refractivity (Wildman–Crippen MR) is 489 cm³/mol. The van der Waals surface area contributed by atoms with Crippen molar-refractivity contribution < 1.29 is 32.4 Å². The van der Waals surface area contributed by atoms with Crippen LogP contribution in [0.15, 0.2) is 214 Å². The van der Waals surface area contributed by atoms with Crippen molar-refractivity contribution >= 4 is 35.5 Å². The normalized spacial score (nSPS) is 16.1. The Hall–Kier alpha value is -15.3. The van der Waals surface area contributed by atoms with Gasteiger partial charge in [0.1, 0.15) is 18.9 Å². The van der Waals surface area contributed by atoms with Crippen LogP contribution in [-0.2, 0) is 49.1 Å². The van der Waals surface area contributed by atoms with Crippen LogP contribution in [-0.4, -0.2) is 183 Å². The molecule has 21 rings (SSSR count). The molecule has 8 N–H and O–H groups in total. The fourth-order valence-corrected chi connectivity index (χ4v) is 16.5. The first-order valence-corrected chi connectivity index (χ1v) is 44.0. The molecule has 4 aromatic carbocycles. The number of amides is 2. The molecule has 1 aliphatic heterocycles. The summed E-state index contributed by atoms with van der Waals surface area (Å²) in [5.74, 6) is 7.11. The van der Waals surface area contributed by atoms with Gasteiger partial charge in [0.2, 0.25) is 29.7 Å². The summed E-state index contributed by atoms with van der Waals surface area (Å²) in [7, 11) is 6.85. The third-order valence-electron chi connectivity index (χ3n) is 26.3. The van der Waals surface area contributed by atoms with E-state index in [-0.39, 0.29) is 65.5 Å². The van der Waals surface area contributed by atoms with Crippen LogP contribution in [0.1, 0.15) is 157 Å². The van der Waals surface area contributed by atoms with Gasteiger partial charge in [0, 0.05) is 112 Å². The Balaban J connectivity index is 0.000000118. The van der Waals surface area contributed by atoms with Crippen molar-refractivity contribution in [2.24, 2.45) is 23.7 Å². The summed E-state index contributed by atoms with van der Waals surface area (Å²) < 4.78 is 34.9. The molecule has 674 valence electrons. The molecule has 13 heterocycles. The Morgan fingerprint density at radius 2 is 0.712 bits per heavy atom. The highest BCUT2D eigenvalue weighted by Gasteiger charge is 2.50. The third-order valence-corrected chi connectivity index (χ3v) is 26.3. The van der Waals surface area contributed by atoms with E-state index < -0.39 is 10.8 Å². The Morgan fingerprint density at radius 3 is 1.04 bits per heavy atom. The molecular weight excluding hydrogens is 1670 g/mol. The third kappa shape index (κ3) is 18.2. The van der Waals surface area contributed by atoms with E-state index in [2.05, 4.69) is 207 Å². The summed E-state index contributed by atoms with van der Waals surface area (Å²) in [4.78, 5) is 79.1. The lowest BCUT2D eigenvalue weighted by Crippen LogP contribution is -2.38. The van der Waals surface area contributed by atoms with Gasteiger partial charge in [0.05, 0.1) is 112 Å². The maximum absolute atomic E-state index is 12.0. The zero-order valence-electron chi connectivity index (χ0n) is 74.9. The van der Waals surface area contributed by atoms with Crippen molar-refractivity contribution in [2.75, 3.05) is 64.3 Å². The number of carbonyl (C=O) groups excluding carboxylic acids is 2. The lowest BCUT2D eigenvalue weighted by Gasteiger charge is -2.41. The zero-order chi connectivity index (χ0) is 91.7. The van der Waals surface area contributed by atoms with Crippen LogP contribution >= 0.6 is 0 Å². The minimum absolute atomic E-state index is 0.0441. The van der Waals surface area contributed by atoms with Gasteiger partial charge < -0.3 is 55.6 Å². The molecule has 4 atom stereocenters. The standard InChI is InChI=1S/C25H28N8O2.C24H28N8O2.C23H23N7O2.C23H23N7O/c1-25(19-5-4-6-19,20-9-7-16(8-10-20)17-11-27-24(26)28-12-17)23-30-22(35-31-23)18-13-29-33(14-18)15-21(34)32(2)3;1-15(2)24(3,19-8-6-16(7-9-19)17-10-26-23(25)27-11-17)22-29-21(34-30-22)18-12-28-32(13-18)14-20(33)31(4)5;1-23(17-6-7-17,16-4-2-14(3-5-16)19-9-26-20(24)10-25-19)22-28-21(32-29-22)15-8-27-30(11-15)18-12-31-13-18;1-23(18-6-7-18,17-4-2-14(3-5-17)15-10-25-22(24)26-11-15)21-28-20(31-29-21)16-12-27-30(13-16)19-8-9-19/h7-14,19H,4-6,15H2,1-3H3,(H2,26,27,28);6-13,15H,14H2,1-5H3,(H2,25,26,27);2-5,8-11,17-18H,6-7,12-13H2,1H3,(H2,24,26);2-5,10-13,18-19H,6-9H2,1H3,(H2,24,25,26)/t25-;;2*23-/m1.00/s1. The molecule has 2 amide bonds. The average Bonchev–Trinajstić information content (AvgIpc) is 1.58. The number of ether oxygens (including phenoxy) is 1. The minimum atomic E-state index is -0.491. The summed E-state index contributed by atoms with van der Waals surface area (Å²) in [5, 5.41) is 34.9. The van der Waals surface area contributed by atoms with Gasteiger partial charge in [-0.15, -0.1) is 0 Å². The number of carbonyl (C=O) groups is 2. The number of nitrogens with two attached hydrogens (primary N) is 4. The van der Waals surface area contributed by atoms with E-state index in [1.54, 1.807) is 118 Å². The highest BCUT2D eigenvalue weighted by molar-refractivity contribution is 5.76. The van der Waals surface area contributed by atoms with Gasteiger partial charge >= 0.3 is 0 Å². The number of benzene rings is 4. The van der Waals surface area contributed by atoms with Gasteiger partial charge in [-0.3, -0.25) is 33.3 Å². The van der Waals surface area contributed by atoms with E-state index >= 15 is 0 Å². The number of likely N-dealkylation sites (N-methyl/N-ethyl adjacent to an activating group) is 2. The first kappa shape index (κ1) is 87.4. The van der Waals surface area contributed by atoms with Crippen molar-refractivity contribution in [1.82, 2.24) is 129 Å². The van der Waals surface area contributed by atoms with E-state index in [1.807, 2.05) is 40.1 Å². The Bertz CT molecular complexity index is 6660. The lowest BCUT2D eigenvalue weighted by atomic mass is 9.62. The average molecular weight is 1780 g/mol. The van der Waals surface area contributed by atoms with Crippen molar-refractivity contribution in [1.29, 1.82) is 0 Å². The van der Waals surface area contributed by atoms with Gasteiger partial charge in [-0.1, -0.05) is 138 Å². The largest absolute Gasteiger partial charge is 0.382 e. The summed E-state index contributed by atoms with van der Waals surface area (Å²) in [6.45, 7) is 14.6. The first-order valence-electron chi connectivity index (χ1n) is 44.0. The van der Waals surface area contributed by atoms with Crippen LogP contribution in [0.2, 0.25) is 0 Å². The minimum Gasteiger partial charge on any atom is -0.382 e. The van der Waals surface area contributed by atoms with E-state index in [1.165, 1.54) is 34.6 Å². The van der Waals surface area contributed by atoms with Crippen molar-refractivity contribution in [3.05, 3.63) is 242 Å². The number of rotatable bonds is 26. The Morgan fingerprint density at radius 1 is 0.371 bits per heavy atom. The molecule has 1 unspecified atom stereocenters. The maximum Gasteiger partial charge on any atom is 0.261 e. The number of hydrogen-bond acceptors (Lipinski definition) is 31. The lowest BCUT2D eigenvalue weighted by molar-refractivity contribution is -0.130. The van der Waals surface area contributed by atoms with E-state index in [0.717, 1.165) is 117 Å². The Labute approximate surface area is 759 Å². The second kappa shape index (κ2) is 36.3. The van der Waals surface area contributed by atoms with Crippen molar-refractivity contribution in [2.45, 2.75) is 146 Å². The van der Waals surface area contributed by atoms with E-state index in [4.69, 9.17) is 65.7 Å². The first-order chi connectivity index (χ1) is 63.7. The molecular formula is C95H102N30O7. The topological polar surface area (TPSA) is 484 Å². The molecule has 16 aromatic rings. The second-order valence-corrected chi connectivity index (χ2v) is 35.7. The predicted octanol–water partition coefficient (Wildman–Crippen LogP) is 13.5. The van der Waals surface area contributed by atoms with Crippen molar-refractivity contribution in [3.63, 3.8) is 0 Å². The smallest absolute Gasteiger partial charge is 0.261 e. The molecule has 0 spiro atoms. The van der Waals surface area contributed by atoms with Gasteiger partial charge in [-0.05, 0) is 142 Å². The summed E-state index contributed by atoms with van der Waals surface area (Å²) in [6.07, 6.45) is 38.3. The number of aromatic nitrogens is 24. The highest BCUT2D eigenvalue weighted by atomic mass is 16.5. The molecule has 12 aromatic heterocycles. The van der Waals surface area contributed by atoms with Crippen LogP contribution < -0.4 is 22.9 Å². The quantitative estimate of drug-likeness (QED) is 0.0391. The van der Waals surface area contributed by atoms with Crippen LogP contribution in [0.5, 0.6) is 0 Å². The summed E-state index contributed by atoms with van der Waals surface area (Å²) in [5.41, 5.74) is 36.1. The van der Waals surface area contributed by atoms with E-state index in [0.29, 0.717) is 95.0 Å². The fourth-order valence-electron chi connectivity index (χ4n) is 16.5. The molecule has 37 nitrogen and oxygen atoms in total. The van der Waals surface area contributed by atoms with Crippen LogP contribution in [0, 0.1) is 23.7 Å². The molecule has 0 bridgehead atoms. The highest BCUT2D eigenvalue weighted by Crippen LogP contribution is 2.54. The summed E-state index contributed by atoms with van der Waals surface area (Å²) >= 11 is 0. The number of hydrogen-bond donors (Lipinski definition) is 4. The number of nitrogen functional groups attached to an aromatic ring is 4. The monoisotopic (exact) mass is 1770 g/mol. The van der Waals surface area contributed by atoms with Gasteiger partial charge in [0.15, 0.2) is 23.3 Å². The van der Waals surface area contributed by atoms with Crippen LogP contribution in [0.4, 0.5) is 23.7 Å². The fraction of sp³-hybridized carbons (Fsp3) is 0.347. The molecule has 0 radical (unpaired) electrons. The van der Waals surface area contributed by atoms with Crippen LogP contribution in [0.25, 0.3) is 90.5 Å². The molecule has 1 saturated heterocycles. The van der Waals surface area contributed by atoms with Gasteiger partial charge in [-0.25, -0.2) is 34.9 Å².